The normalized spacial score (nSPS) is 11.4. The van der Waals surface area contributed by atoms with Gasteiger partial charge in [0.15, 0.2) is 6.16 Å². The Hall–Kier alpha value is -0.460. The molecule has 0 rings (SSSR count). The van der Waals surface area contributed by atoms with Crippen molar-refractivity contribution in [1.82, 2.24) is 0 Å². The Balaban J connectivity index is 4.15. The van der Waals surface area contributed by atoms with E-state index in [0.717, 1.165) is 14.2 Å². The third-order valence-electron chi connectivity index (χ3n) is 1.17. The topological polar surface area (TPSA) is 80.3 Å². The van der Waals surface area contributed by atoms with E-state index in [9.17, 15) is 9.36 Å². The molecule has 0 aromatic rings. The Morgan fingerprint density at radius 2 is 1.73 bits per heavy atom. The van der Waals surface area contributed by atoms with E-state index in [2.05, 4.69) is 19.1 Å². The second-order valence-corrected chi connectivity index (χ2v) is 4.31. The molecular weight excluding hydrogens is 227 g/mol. The highest BCUT2D eigenvalue weighted by Gasteiger charge is 2.32. The number of rotatable bonds is 8. The Kier molecular flexibility index (Phi) is 7.54. The minimum absolute atomic E-state index is 0.249. The molecule has 0 aliphatic heterocycles. The molecule has 0 amide bonds. The maximum Gasteiger partial charge on any atom is 0.395 e. The lowest BCUT2D eigenvalue weighted by molar-refractivity contribution is -0.242. The lowest BCUT2D eigenvalue weighted by Crippen LogP contribution is -2.13. The first-order valence-corrected chi connectivity index (χ1v) is 6.00. The van der Waals surface area contributed by atoms with Crippen LogP contribution >= 0.6 is 7.60 Å². The van der Waals surface area contributed by atoms with Gasteiger partial charge in [0.25, 0.3) is 0 Å². The Bertz CT molecular complexity index is 219. The molecule has 8 heteroatoms. The minimum atomic E-state index is -3.73. The van der Waals surface area contributed by atoms with Gasteiger partial charge in [-0.3, -0.25) is 9.36 Å². The van der Waals surface area contributed by atoms with Crippen LogP contribution in [0.1, 0.15) is 13.3 Å². The van der Waals surface area contributed by atoms with Crippen molar-refractivity contribution in [1.29, 1.82) is 0 Å². The summed E-state index contributed by atoms with van der Waals surface area (Å²) in [7, 11) is -1.45. The molecule has 7 nitrogen and oxygen atoms in total. The van der Waals surface area contributed by atoms with Gasteiger partial charge < -0.3 is 4.74 Å². The zero-order valence-corrected chi connectivity index (χ0v) is 9.82. The third-order valence-corrected chi connectivity index (χ3v) is 2.56. The summed E-state index contributed by atoms with van der Waals surface area (Å²) in [5, 5.41) is 0. The first-order chi connectivity index (χ1) is 7.08. The monoisotopic (exact) mass is 242 g/mol. The Morgan fingerprint density at radius 3 is 2.13 bits per heavy atom. The summed E-state index contributed by atoms with van der Waals surface area (Å²) in [5.41, 5.74) is 0. The molecule has 0 N–H and O–H groups in total. The maximum atomic E-state index is 11.6. The highest BCUT2D eigenvalue weighted by Crippen LogP contribution is 2.48. The van der Waals surface area contributed by atoms with Gasteiger partial charge in [0.1, 0.15) is 0 Å². The van der Waals surface area contributed by atoms with Crippen LogP contribution in [-0.4, -0.2) is 33.0 Å². The van der Waals surface area contributed by atoms with Crippen molar-refractivity contribution < 1.29 is 33.2 Å². The number of carbonyl (C=O) groups excluding carboxylic acids is 1. The van der Waals surface area contributed by atoms with E-state index in [1.807, 2.05) is 6.92 Å². The van der Waals surface area contributed by atoms with Crippen LogP contribution in [0, 0.1) is 0 Å². The molecule has 0 heterocycles. The number of ether oxygens (including phenoxy) is 1. The predicted molar refractivity (Wildman–Crippen MR) is 49.9 cm³/mol. The van der Waals surface area contributed by atoms with E-state index in [1.165, 1.54) is 0 Å². The van der Waals surface area contributed by atoms with Crippen LogP contribution in [0.15, 0.2) is 0 Å². The fourth-order valence-electron chi connectivity index (χ4n) is 0.712. The van der Waals surface area contributed by atoms with E-state index in [1.54, 1.807) is 0 Å². The van der Waals surface area contributed by atoms with E-state index in [0.29, 0.717) is 6.42 Å². The van der Waals surface area contributed by atoms with Crippen LogP contribution in [0.25, 0.3) is 0 Å². The van der Waals surface area contributed by atoms with Gasteiger partial charge in [-0.05, 0) is 6.42 Å². The van der Waals surface area contributed by atoms with Gasteiger partial charge in [0.2, 0.25) is 0 Å². The summed E-state index contributed by atoms with van der Waals surface area (Å²) in [6, 6.07) is 0. The van der Waals surface area contributed by atoms with Crippen LogP contribution < -0.4 is 0 Å². The number of carbonyl (C=O) groups is 1. The summed E-state index contributed by atoms with van der Waals surface area (Å²) in [4.78, 5) is 19.5. The van der Waals surface area contributed by atoms with Crippen LogP contribution in [-0.2, 0) is 33.2 Å². The molecule has 0 saturated carbocycles. The van der Waals surface area contributed by atoms with E-state index >= 15 is 0 Å². The van der Waals surface area contributed by atoms with Crippen LogP contribution in [0.3, 0.4) is 0 Å². The third kappa shape index (κ3) is 6.59. The molecule has 0 fully saturated rings. The van der Waals surface area contributed by atoms with Gasteiger partial charge in [-0.2, -0.15) is 0 Å². The maximum absolute atomic E-state index is 11.6. The van der Waals surface area contributed by atoms with E-state index < -0.39 is 19.7 Å². The number of esters is 1. The molecule has 0 bridgehead atoms. The molecular formula is C7H15O7P. The Labute approximate surface area is 88.0 Å². The lowest BCUT2D eigenvalue weighted by atomic mass is 10.5. The standard InChI is InChI=1S/C7H15O7P/c1-4-5-12-7(8)6-15(9,13-10-2)14-11-3/h4-6H2,1-3H3. The van der Waals surface area contributed by atoms with Gasteiger partial charge in [-0.25, -0.2) is 9.78 Å². The van der Waals surface area contributed by atoms with E-state index in [4.69, 9.17) is 4.74 Å². The second kappa shape index (κ2) is 7.78. The molecule has 0 radical (unpaired) electrons. The average Bonchev–Trinajstić information content (AvgIpc) is 2.15. The Morgan fingerprint density at radius 1 is 1.20 bits per heavy atom. The largest absolute Gasteiger partial charge is 0.465 e. The van der Waals surface area contributed by atoms with Crippen molar-refractivity contribution in [2.75, 3.05) is 27.0 Å². The molecule has 0 unspecified atom stereocenters. The fraction of sp³-hybridized carbons (Fsp3) is 0.857. The minimum Gasteiger partial charge on any atom is -0.465 e. The zero-order valence-electron chi connectivity index (χ0n) is 8.93. The highest BCUT2D eigenvalue weighted by atomic mass is 31.2. The second-order valence-electron chi connectivity index (χ2n) is 2.47. The van der Waals surface area contributed by atoms with Crippen molar-refractivity contribution in [3.05, 3.63) is 0 Å². The van der Waals surface area contributed by atoms with Gasteiger partial charge in [0, 0.05) is 0 Å². The molecule has 15 heavy (non-hydrogen) atoms. The van der Waals surface area contributed by atoms with Crippen molar-refractivity contribution in [2.24, 2.45) is 0 Å². The molecule has 0 aromatic heterocycles. The summed E-state index contributed by atoms with van der Waals surface area (Å²) in [5.74, 6) is -0.700. The quantitative estimate of drug-likeness (QED) is 0.274. The van der Waals surface area contributed by atoms with E-state index in [-0.39, 0.29) is 6.61 Å². The summed E-state index contributed by atoms with van der Waals surface area (Å²) in [6.07, 6.45) is 0.112. The summed E-state index contributed by atoms with van der Waals surface area (Å²) < 4.78 is 24.9. The number of hydrogen-bond donors (Lipinski definition) is 0. The molecule has 0 aliphatic rings. The van der Waals surface area contributed by atoms with Gasteiger partial charge >= 0.3 is 13.6 Å². The van der Waals surface area contributed by atoms with Gasteiger partial charge in [-0.15, -0.1) is 9.35 Å². The van der Waals surface area contributed by atoms with Crippen molar-refractivity contribution >= 4 is 13.6 Å². The molecule has 0 atom stereocenters. The van der Waals surface area contributed by atoms with Crippen LogP contribution in [0.4, 0.5) is 0 Å². The predicted octanol–water partition coefficient (Wildman–Crippen LogP) is 1.29. The molecule has 90 valence electrons. The average molecular weight is 242 g/mol. The van der Waals surface area contributed by atoms with Crippen LogP contribution in [0.2, 0.25) is 0 Å². The first kappa shape index (κ1) is 14.5. The molecule has 0 aliphatic carbocycles. The first-order valence-electron chi connectivity index (χ1n) is 4.27. The summed E-state index contributed by atoms with van der Waals surface area (Å²) >= 11 is 0. The number of hydrogen-bond acceptors (Lipinski definition) is 7. The van der Waals surface area contributed by atoms with Crippen molar-refractivity contribution in [3.63, 3.8) is 0 Å². The lowest BCUT2D eigenvalue weighted by Gasteiger charge is -2.12. The van der Waals surface area contributed by atoms with Crippen LogP contribution in [0.5, 0.6) is 0 Å². The molecule has 0 saturated heterocycles. The van der Waals surface area contributed by atoms with Crippen molar-refractivity contribution in [2.45, 2.75) is 13.3 Å². The molecule has 0 spiro atoms. The SMILES string of the molecule is CCCOC(=O)CP(=O)(OOC)OOC. The summed E-state index contributed by atoms with van der Waals surface area (Å²) in [6.45, 7) is 2.09. The van der Waals surface area contributed by atoms with Gasteiger partial charge in [0.05, 0.1) is 20.8 Å². The zero-order chi connectivity index (χ0) is 11.7. The smallest absolute Gasteiger partial charge is 0.395 e. The molecule has 0 aromatic carbocycles. The highest BCUT2D eigenvalue weighted by molar-refractivity contribution is 7.54. The van der Waals surface area contributed by atoms with Gasteiger partial charge in [-0.1, -0.05) is 6.92 Å². The fourth-order valence-corrected chi connectivity index (χ4v) is 1.70. The van der Waals surface area contributed by atoms with Crippen molar-refractivity contribution in [3.8, 4) is 0 Å².